The van der Waals surface area contributed by atoms with Gasteiger partial charge >= 0.3 is 0 Å². The van der Waals surface area contributed by atoms with E-state index in [0.29, 0.717) is 16.8 Å². The molecule has 0 saturated carbocycles. The van der Waals surface area contributed by atoms with Gasteiger partial charge in [0.05, 0.1) is 4.90 Å². The van der Waals surface area contributed by atoms with Gasteiger partial charge in [-0.05, 0) is 82.0 Å². The Bertz CT molecular complexity index is 2110. The summed E-state index contributed by atoms with van der Waals surface area (Å²) in [6.45, 7) is -0.101. The van der Waals surface area contributed by atoms with Crippen molar-refractivity contribution < 1.29 is 30.5 Å². The molecule has 0 amide bonds. The summed E-state index contributed by atoms with van der Waals surface area (Å²) < 4.78 is 72.1. The van der Waals surface area contributed by atoms with E-state index in [1.165, 1.54) is 23.1 Å². The van der Waals surface area contributed by atoms with Crippen molar-refractivity contribution in [3.63, 3.8) is 0 Å². The topological polar surface area (TPSA) is 118 Å². The molecule has 0 aliphatic heterocycles. The summed E-state index contributed by atoms with van der Waals surface area (Å²) in [5.74, 6) is 0. The highest BCUT2D eigenvalue weighted by Gasteiger charge is 2.32. The van der Waals surface area contributed by atoms with Crippen LogP contribution in [0.2, 0.25) is 0 Å². The number of nitrogens with zero attached hydrogens (tertiary/aromatic N) is 3. The van der Waals surface area contributed by atoms with Gasteiger partial charge in [0.15, 0.2) is 11.1 Å². The number of benzene rings is 4. The third kappa shape index (κ3) is 8.00. The zero-order chi connectivity index (χ0) is 34.6. The fourth-order valence-electron chi connectivity index (χ4n) is 5.61. The standard InChI is InChI=1S/C37H37N3O6S2/c1-38(2)32-19-13-28(14-20-32)36(29-15-21-33(22-16-29)39(3)4)30-17-23-34(24-18-30)40(26-27-9-8-12-35(25-27)47(41,42)43)37(48(44,45)46)31-10-6-5-7-11-31/h5-25,37H,26H2,1-4H3,(H-,41,42,43,44,45,46)/p+1. The lowest BCUT2D eigenvalue weighted by molar-refractivity contribution is -0.462. The van der Waals surface area contributed by atoms with Crippen LogP contribution in [0.25, 0.3) is 5.57 Å². The molecule has 1 aliphatic carbocycles. The molecule has 0 bridgehead atoms. The minimum atomic E-state index is -4.71. The van der Waals surface area contributed by atoms with Gasteiger partial charge in [0.25, 0.3) is 20.2 Å². The summed E-state index contributed by atoms with van der Waals surface area (Å²) in [7, 11) is -1.28. The predicted octanol–water partition coefficient (Wildman–Crippen LogP) is 6.23. The Morgan fingerprint density at radius 3 is 1.77 bits per heavy atom. The summed E-state index contributed by atoms with van der Waals surface area (Å²) in [6, 6.07) is 29.5. The number of hydrogen-bond donors (Lipinski definition) is 2. The van der Waals surface area contributed by atoms with E-state index in [9.17, 15) is 25.9 Å². The lowest BCUT2D eigenvalue weighted by Gasteiger charge is -2.32. The van der Waals surface area contributed by atoms with Crippen LogP contribution >= 0.6 is 0 Å². The summed E-state index contributed by atoms with van der Waals surface area (Å²) in [4.78, 5) is 3.20. The molecule has 1 unspecified atom stereocenters. The van der Waals surface area contributed by atoms with Crippen LogP contribution in [-0.4, -0.2) is 64.4 Å². The molecule has 5 rings (SSSR count). The van der Waals surface area contributed by atoms with Gasteiger partial charge in [-0.25, -0.2) is 4.58 Å². The van der Waals surface area contributed by atoms with Crippen LogP contribution in [-0.2, 0) is 26.8 Å². The highest BCUT2D eigenvalue weighted by Crippen LogP contribution is 2.36. The molecule has 2 N–H and O–H groups in total. The Morgan fingerprint density at radius 1 is 0.708 bits per heavy atom. The fraction of sp³-hybridized carbons (Fsp3) is 0.162. The van der Waals surface area contributed by atoms with Crippen molar-refractivity contribution >= 4 is 42.9 Å². The summed E-state index contributed by atoms with van der Waals surface area (Å²) in [5, 5.41) is -1.51. The first-order valence-electron chi connectivity index (χ1n) is 15.1. The molecule has 0 spiro atoms. The molecule has 0 radical (unpaired) electrons. The maximum Gasteiger partial charge on any atom is 0.294 e. The van der Waals surface area contributed by atoms with E-state index in [2.05, 4.69) is 48.6 Å². The van der Waals surface area contributed by atoms with Crippen LogP contribution in [0.15, 0.2) is 138 Å². The van der Waals surface area contributed by atoms with Gasteiger partial charge in [-0.1, -0.05) is 66.7 Å². The van der Waals surface area contributed by atoms with Crippen LogP contribution in [0.3, 0.4) is 0 Å². The summed E-state index contributed by atoms with van der Waals surface area (Å²) >= 11 is 0. The predicted molar refractivity (Wildman–Crippen MR) is 192 cm³/mol. The van der Waals surface area contributed by atoms with Gasteiger partial charge < -0.3 is 9.80 Å². The van der Waals surface area contributed by atoms with Crippen LogP contribution in [0.4, 0.5) is 11.4 Å². The van der Waals surface area contributed by atoms with E-state index in [4.69, 9.17) is 0 Å². The van der Waals surface area contributed by atoms with Crippen molar-refractivity contribution in [2.24, 2.45) is 0 Å². The quantitative estimate of drug-likeness (QED) is 0.149. The number of rotatable bonds is 10. The Balaban J connectivity index is 1.65. The van der Waals surface area contributed by atoms with Crippen LogP contribution < -0.4 is 9.80 Å². The molecule has 248 valence electrons. The zero-order valence-corrected chi connectivity index (χ0v) is 28.7. The van der Waals surface area contributed by atoms with E-state index in [0.717, 1.165) is 33.7 Å². The number of anilines is 2. The lowest BCUT2D eigenvalue weighted by atomic mass is 9.90. The normalized spacial score (nSPS) is 13.7. The van der Waals surface area contributed by atoms with E-state index in [-0.39, 0.29) is 11.4 Å². The van der Waals surface area contributed by atoms with E-state index in [1.807, 2.05) is 49.8 Å². The second kappa shape index (κ2) is 14.1. The van der Waals surface area contributed by atoms with Gasteiger partial charge in [-0.2, -0.15) is 16.8 Å². The first-order chi connectivity index (χ1) is 22.7. The Kier molecular flexibility index (Phi) is 10.2. The lowest BCUT2D eigenvalue weighted by Crippen LogP contribution is -2.33. The molecule has 1 atom stereocenters. The van der Waals surface area contributed by atoms with Crippen molar-refractivity contribution in [1.82, 2.24) is 0 Å². The van der Waals surface area contributed by atoms with Gasteiger partial charge in [0.2, 0.25) is 0 Å². The van der Waals surface area contributed by atoms with Crippen molar-refractivity contribution in [3.05, 3.63) is 155 Å². The molecule has 48 heavy (non-hydrogen) atoms. The monoisotopic (exact) mass is 684 g/mol. The molecule has 0 fully saturated rings. The SMILES string of the molecule is CN(C)c1ccc(C(=C2C=CC(=[N+](C)C)C=C2)c2ccc(N(Cc3cccc(S(=O)(=O)O)c3)C(c3ccccc3)S(=O)(=O)O)cc2)cc1. The highest BCUT2D eigenvalue weighted by atomic mass is 32.2. The maximum absolute atomic E-state index is 13.0. The molecule has 1 aliphatic rings. The molecule has 11 heteroatoms. The fourth-order valence-corrected chi connectivity index (χ4v) is 7.18. The average molecular weight is 685 g/mol. The van der Waals surface area contributed by atoms with Crippen LogP contribution in [0.5, 0.6) is 0 Å². The smallest absolute Gasteiger partial charge is 0.294 e. The van der Waals surface area contributed by atoms with E-state index < -0.39 is 25.6 Å². The molecule has 4 aromatic carbocycles. The largest absolute Gasteiger partial charge is 0.378 e. The molecular formula is C37H38N3O6S2+. The van der Waals surface area contributed by atoms with Crippen LogP contribution in [0, 0.1) is 0 Å². The first-order valence-corrected chi connectivity index (χ1v) is 18.0. The van der Waals surface area contributed by atoms with Crippen molar-refractivity contribution in [2.75, 3.05) is 38.0 Å². The van der Waals surface area contributed by atoms with Gasteiger partial charge in [0.1, 0.15) is 14.1 Å². The Hall–Kier alpha value is -4.81. The molecule has 0 saturated heterocycles. The molecular weight excluding hydrogens is 647 g/mol. The highest BCUT2D eigenvalue weighted by molar-refractivity contribution is 7.86. The second-order valence-corrected chi connectivity index (χ2v) is 14.7. The third-order valence-corrected chi connectivity index (χ3v) is 9.97. The molecule has 9 nitrogen and oxygen atoms in total. The van der Waals surface area contributed by atoms with Crippen molar-refractivity contribution in [3.8, 4) is 0 Å². The Labute approximate surface area is 282 Å². The molecule has 0 aromatic heterocycles. The van der Waals surface area contributed by atoms with Gasteiger partial charge in [0, 0.05) is 44.2 Å². The van der Waals surface area contributed by atoms with Crippen molar-refractivity contribution in [2.45, 2.75) is 16.8 Å². The number of hydrogen-bond acceptors (Lipinski definition) is 6. The first kappa shape index (κ1) is 34.5. The van der Waals surface area contributed by atoms with Gasteiger partial charge in [-0.3, -0.25) is 9.11 Å². The molecule has 4 aromatic rings. The van der Waals surface area contributed by atoms with Crippen LogP contribution in [0.1, 0.15) is 27.6 Å². The summed E-state index contributed by atoms with van der Waals surface area (Å²) in [5.41, 5.74) is 7.15. The zero-order valence-electron chi connectivity index (χ0n) is 27.1. The van der Waals surface area contributed by atoms with E-state index >= 15 is 0 Å². The van der Waals surface area contributed by atoms with E-state index in [1.54, 1.807) is 48.5 Å². The van der Waals surface area contributed by atoms with Gasteiger partial charge in [-0.15, -0.1) is 0 Å². The minimum Gasteiger partial charge on any atom is -0.378 e. The second-order valence-electron chi connectivity index (χ2n) is 11.8. The average Bonchev–Trinajstić information content (AvgIpc) is 3.05. The molecule has 0 heterocycles. The maximum atomic E-state index is 13.0. The summed E-state index contributed by atoms with van der Waals surface area (Å²) in [6.07, 6.45) is 8.24. The third-order valence-electron chi connectivity index (χ3n) is 8.03. The Morgan fingerprint density at radius 2 is 1.27 bits per heavy atom. The minimum absolute atomic E-state index is 0.101. The number of allylic oxidation sites excluding steroid dienone is 5. The van der Waals surface area contributed by atoms with Crippen molar-refractivity contribution in [1.29, 1.82) is 0 Å².